The van der Waals surface area contributed by atoms with Gasteiger partial charge in [0.15, 0.2) is 0 Å². The van der Waals surface area contributed by atoms with Gasteiger partial charge in [0.05, 0.1) is 11.0 Å². The number of aromatic amines is 1. The number of nitrogens with zero attached hydrogens (tertiary/aromatic N) is 2. The first kappa shape index (κ1) is 11.1. The number of aromatic nitrogens is 2. The summed E-state index contributed by atoms with van der Waals surface area (Å²) in [5, 5.41) is 0. The number of imidazole rings is 1. The maximum absolute atomic E-state index is 11.6. The third kappa shape index (κ3) is 1.54. The molecule has 0 saturated heterocycles. The number of rotatable bonds is 0. The van der Waals surface area contributed by atoms with Crippen molar-refractivity contribution in [2.24, 2.45) is 7.05 Å². The van der Waals surface area contributed by atoms with Crippen LogP contribution in [0, 0.1) is 0 Å². The molecule has 18 heavy (non-hydrogen) atoms. The average molecular weight is 245 g/mol. The Hall–Kier alpha value is -2.04. The van der Waals surface area contributed by atoms with Gasteiger partial charge in [-0.1, -0.05) is 0 Å². The lowest BCUT2D eigenvalue weighted by Crippen LogP contribution is -2.34. The summed E-state index contributed by atoms with van der Waals surface area (Å²) in [5.74, 6) is 0.101. The predicted octanol–water partition coefficient (Wildman–Crippen LogP) is 0.771. The molecule has 0 saturated carbocycles. The molecule has 0 spiro atoms. The highest BCUT2D eigenvalue weighted by molar-refractivity contribution is 5.78. The van der Waals surface area contributed by atoms with E-state index in [2.05, 4.69) is 4.98 Å². The van der Waals surface area contributed by atoms with E-state index in [1.54, 1.807) is 18.5 Å². The van der Waals surface area contributed by atoms with Gasteiger partial charge in [-0.15, -0.1) is 0 Å². The van der Waals surface area contributed by atoms with Crippen molar-refractivity contribution >= 4 is 16.9 Å². The van der Waals surface area contributed by atoms with E-state index in [0.29, 0.717) is 6.54 Å². The zero-order chi connectivity index (χ0) is 12.9. The third-order valence-electron chi connectivity index (χ3n) is 3.68. The van der Waals surface area contributed by atoms with Crippen LogP contribution in [0.3, 0.4) is 0 Å². The fourth-order valence-electron chi connectivity index (χ4n) is 2.55. The Labute approximate surface area is 104 Å². The Morgan fingerprint density at radius 1 is 1.33 bits per heavy atom. The van der Waals surface area contributed by atoms with Gasteiger partial charge in [0, 0.05) is 27.1 Å². The second-order valence-corrected chi connectivity index (χ2v) is 4.82. The summed E-state index contributed by atoms with van der Waals surface area (Å²) >= 11 is 0. The molecule has 1 N–H and O–H groups in total. The molecule has 1 aromatic heterocycles. The number of aryl methyl sites for hydroxylation is 1. The fourth-order valence-corrected chi connectivity index (χ4v) is 2.55. The number of nitrogens with one attached hydrogen (secondary N) is 1. The number of hydrogen-bond donors (Lipinski definition) is 1. The Bertz CT molecular complexity index is 696. The lowest BCUT2D eigenvalue weighted by atomic mass is 9.99. The molecule has 1 aliphatic rings. The summed E-state index contributed by atoms with van der Waals surface area (Å²) in [7, 11) is 1.75. The molecule has 3 rings (SSSR count). The molecule has 2 heterocycles. The molecule has 1 aliphatic heterocycles. The van der Waals surface area contributed by atoms with Crippen LogP contribution < -0.4 is 5.69 Å². The van der Waals surface area contributed by atoms with Crippen molar-refractivity contribution in [1.29, 1.82) is 0 Å². The highest BCUT2D eigenvalue weighted by Gasteiger charge is 2.19. The summed E-state index contributed by atoms with van der Waals surface area (Å²) in [4.78, 5) is 27.6. The zero-order valence-corrected chi connectivity index (χ0v) is 10.5. The maximum atomic E-state index is 11.6. The molecule has 1 aromatic carbocycles. The summed E-state index contributed by atoms with van der Waals surface area (Å²) in [6.07, 6.45) is 0.849. The minimum Gasteiger partial charge on any atom is -0.338 e. The fraction of sp³-hybridized carbons (Fsp3) is 0.385. The highest BCUT2D eigenvalue weighted by atomic mass is 16.2. The summed E-state index contributed by atoms with van der Waals surface area (Å²) in [5.41, 5.74) is 4.03. The van der Waals surface area contributed by atoms with E-state index in [4.69, 9.17) is 0 Å². The SMILES string of the molecule is CC(=O)N1CCc2cc3[nH]c(=O)n(C)c3cc2C1. The van der Waals surface area contributed by atoms with Crippen LogP contribution in [0.25, 0.3) is 11.0 Å². The molecule has 5 nitrogen and oxygen atoms in total. The van der Waals surface area contributed by atoms with Crippen LogP contribution in [0.4, 0.5) is 0 Å². The van der Waals surface area contributed by atoms with Crippen molar-refractivity contribution in [2.45, 2.75) is 19.9 Å². The standard InChI is InChI=1S/C13H15N3O2/c1-8(17)16-4-3-9-5-11-12(6-10(9)7-16)15(2)13(18)14-11/h5-6H,3-4,7H2,1-2H3,(H,14,18). The van der Waals surface area contributed by atoms with E-state index in [0.717, 1.165) is 29.6 Å². The van der Waals surface area contributed by atoms with E-state index in [1.165, 1.54) is 5.56 Å². The van der Waals surface area contributed by atoms with Gasteiger partial charge in [-0.05, 0) is 29.7 Å². The molecule has 94 valence electrons. The first-order valence-corrected chi connectivity index (χ1v) is 6.02. The van der Waals surface area contributed by atoms with Crippen molar-refractivity contribution < 1.29 is 4.79 Å². The Morgan fingerprint density at radius 3 is 2.83 bits per heavy atom. The van der Waals surface area contributed by atoms with Crippen molar-refractivity contribution in [3.05, 3.63) is 33.7 Å². The normalized spacial score (nSPS) is 14.9. The summed E-state index contributed by atoms with van der Waals surface area (Å²) < 4.78 is 1.60. The molecule has 0 unspecified atom stereocenters. The smallest absolute Gasteiger partial charge is 0.326 e. The molecular weight excluding hydrogens is 230 g/mol. The monoisotopic (exact) mass is 245 g/mol. The van der Waals surface area contributed by atoms with Crippen LogP contribution in [-0.2, 0) is 24.8 Å². The van der Waals surface area contributed by atoms with E-state index in [-0.39, 0.29) is 11.6 Å². The average Bonchev–Trinajstić information content (AvgIpc) is 2.61. The second kappa shape index (κ2) is 3.73. The van der Waals surface area contributed by atoms with Gasteiger partial charge in [0.25, 0.3) is 0 Å². The van der Waals surface area contributed by atoms with Crippen LogP contribution in [-0.4, -0.2) is 26.9 Å². The van der Waals surface area contributed by atoms with Gasteiger partial charge in [-0.3, -0.25) is 9.36 Å². The third-order valence-corrected chi connectivity index (χ3v) is 3.68. The molecule has 2 aromatic rings. The van der Waals surface area contributed by atoms with E-state index >= 15 is 0 Å². The summed E-state index contributed by atoms with van der Waals surface area (Å²) in [6, 6.07) is 4.04. The Balaban J connectivity index is 2.14. The lowest BCUT2D eigenvalue weighted by Gasteiger charge is -2.27. The van der Waals surface area contributed by atoms with Gasteiger partial charge < -0.3 is 9.88 Å². The molecule has 5 heteroatoms. The van der Waals surface area contributed by atoms with Gasteiger partial charge >= 0.3 is 5.69 Å². The maximum Gasteiger partial charge on any atom is 0.326 e. The van der Waals surface area contributed by atoms with Crippen LogP contribution in [0.5, 0.6) is 0 Å². The molecule has 0 radical (unpaired) electrons. The number of fused-ring (bicyclic) bond motifs is 2. The molecule has 0 atom stereocenters. The minimum atomic E-state index is -0.101. The minimum absolute atomic E-state index is 0.101. The van der Waals surface area contributed by atoms with Gasteiger partial charge in [-0.2, -0.15) is 0 Å². The largest absolute Gasteiger partial charge is 0.338 e. The van der Waals surface area contributed by atoms with Crippen LogP contribution in [0.2, 0.25) is 0 Å². The van der Waals surface area contributed by atoms with Crippen molar-refractivity contribution in [2.75, 3.05) is 6.54 Å². The quantitative estimate of drug-likeness (QED) is 0.745. The van der Waals surface area contributed by atoms with Crippen LogP contribution in [0.1, 0.15) is 18.1 Å². The van der Waals surface area contributed by atoms with Gasteiger partial charge in [-0.25, -0.2) is 4.79 Å². The Kier molecular flexibility index (Phi) is 2.29. The zero-order valence-electron chi connectivity index (χ0n) is 10.5. The molecule has 0 bridgehead atoms. The van der Waals surface area contributed by atoms with Crippen molar-refractivity contribution in [3.63, 3.8) is 0 Å². The van der Waals surface area contributed by atoms with Crippen LogP contribution >= 0.6 is 0 Å². The molecule has 0 fully saturated rings. The lowest BCUT2D eigenvalue weighted by molar-refractivity contribution is -0.129. The van der Waals surface area contributed by atoms with Crippen molar-refractivity contribution in [1.82, 2.24) is 14.5 Å². The number of carbonyl (C=O) groups is 1. The number of H-pyrrole nitrogens is 1. The number of hydrogen-bond acceptors (Lipinski definition) is 2. The van der Waals surface area contributed by atoms with Gasteiger partial charge in [0.1, 0.15) is 0 Å². The molecule has 1 amide bonds. The molecular formula is C13H15N3O2. The van der Waals surface area contributed by atoms with E-state index < -0.39 is 0 Å². The van der Waals surface area contributed by atoms with Crippen molar-refractivity contribution in [3.8, 4) is 0 Å². The first-order chi connectivity index (χ1) is 8.56. The topological polar surface area (TPSA) is 58.1 Å². The van der Waals surface area contributed by atoms with E-state index in [1.807, 2.05) is 17.0 Å². The number of carbonyl (C=O) groups excluding carboxylic acids is 1. The Morgan fingerprint density at radius 2 is 2.11 bits per heavy atom. The first-order valence-electron chi connectivity index (χ1n) is 6.02. The highest BCUT2D eigenvalue weighted by Crippen LogP contribution is 2.23. The van der Waals surface area contributed by atoms with Crippen LogP contribution in [0.15, 0.2) is 16.9 Å². The molecule has 0 aliphatic carbocycles. The summed E-state index contributed by atoms with van der Waals surface area (Å²) in [6.45, 7) is 2.99. The predicted molar refractivity (Wildman–Crippen MR) is 68.3 cm³/mol. The second-order valence-electron chi connectivity index (χ2n) is 4.82. The number of benzene rings is 1. The van der Waals surface area contributed by atoms with Gasteiger partial charge in [0.2, 0.25) is 5.91 Å². The van der Waals surface area contributed by atoms with E-state index in [9.17, 15) is 9.59 Å². The number of amides is 1.